The van der Waals surface area contributed by atoms with Crippen LogP contribution in [0.2, 0.25) is 0 Å². The summed E-state index contributed by atoms with van der Waals surface area (Å²) in [5.41, 5.74) is -2.01. The van der Waals surface area contributed by atoms with Crippen molar-refractivity contribution in [1.82, 2.24) is 4.98 Å². The SMILES string of the molecule is Cc1c(C(=O)Cl)ncc([N+](=O)[O-])c1OC(F)(F)F. The molecule has 1 rings (SSSR count). The van der Waals surface area contributed by atoms with E-state index >= 15 is 0 Å². The lowest BCUT2D eigenvalue weighted by Crippen LogP contribution is -2.19. The van der Waals surface area contributed by atoms with Gasteiger partial charge in [-0.1, -0.05) is 0 Å². The van der Waals surface area contributed by atoms with Crippen LogP contribution >= 0.6 is 11.6 Å². The average molecular weight is 285 g/mol. The second-order valence-corrected chi connectivity index (χ2v) is 3.37. The number of carbonyl (C=O) groups is 1. The molecule has 10 heteroatoms. The standard InChI is InChI=1S/C8H4ClF3N2O4/c1-3-5(7(9)15)13-2-4(14(16)17)6(3)18-8(10,11)12/h2H,1H3. The van der Waals surface area contributed by atoms with Crippen molar-refractivity contribution >= 4 is 22.5 Å². The highest BCUT2D eigenvalue weighted by atomic mass is 35.5. The molecule has 1 heterocycles. The predicted molar refractivity (Wildman–Crippen MR) is 52.5 cm³/mol. The van der Waals surface area contributed by atoms with Crippen LogP contribution in [0.4, 0.5) is 18.9 Å². The van der Waals surface area contributed by atoms with Crippen molar-refractivity contribution in [2.45, 2.75) is 13.3 Å². The fraction of sp³-hybridized carbons (Fsp3) is 0.250. The molecule has 0 aliphatic rings. The molecule has 0 aliphatic heterocycles. The van der Waals surface area contributed by atoms with Gasteiger partial charge < -0.3 is 4.74 Å². The Morgan fingerprint density at radius 3 is 2.50 bits per heavy atom. The third-order valence-electron chi connectivity index (χ3n) is 1.85. The van der Waals surface area contributed by atoms with Crippen LogP contribution in [0.1, 0.15) is 16.1 Å². The zero-order valence-electron chi connectivity index (χ0n) is 8.62. The van der Waals surface area contributed by atoms with E-state index in [0.29, 0.717) is 6.20 Å². The van der Waals surface area contributed by atoms with Gasteiger partial charge in [-0.05, 0) is 18.5 Å². The molecule has 18 heavy (non-hydrogen) atoms. The largest absolute Gasteiger partial charge is 0.573 e. The molecule has 0 unspecified atom stereocenters. The van der Waals surface area contributed by atoms with Gasteiger partial charge in [0.05, 0.1) is 4.92 Å². The van der Waals surface area contributed by atoms with Crippen molar-refractivity contribution in [2.24, 2.45) is 0 Å². The molecule has 0 bridgehead atoms. The van der Waals surface area contributed by atoms with Gasteiger partial charge in [0.15, 0.2) is 0 Å². The van der Waals surface area contributed by atoms with Crippen LogP contribution in [-0.2, 0) is 0 Å². The second kappa shape index (κ2) is 4.77. The van der Waals surface area contributed by atoms with Crippen LogP contribution in [0.25, 0.3) is 0 Å². The van der Waals surface area contributed by atoms with Gasteiger partial charge in [0.2, 0.25) is 5.75 Å². The number of ether oxygens (including phenoxy) is 1. The van der Waals surface area contributed by atoms with E-state index < -0.39 is 39.2 Å². The maximum absolute atomic E-state index is 12.1. The van der Waals surface area contributed by atoms with Gasteiger partial charge in [-0.15, -0.1) is 13.2 Å². The first-order valence-electron chi connectivity index (χ1n) is 4.23. The van der Waals surface area contributed by atoms with Crippen LogP contribution in [0.5, 0.6) is 5.75 Å². The number of halogens is 4. The van der Waals surface area contributed by atoms with Gasteiger partial charge in [-0.3, -0.25) is 14.9 Å². The van der Waals surface area contributed by atoms with Crippen LogP contribution in [0.3, 0.4) is 0 Å². The van der Waals surface area contributed by atoms with E-state index in [-0.39, 0.29) is 0 Å². The Kier molecular flexibility index (Phi) is 3.75. The van der Waals surface area contributed by atoms with E-state index in [4.69, 9.17) is 11.6 Å². The number of aromatic nitrogens is 1. The Bertz CT molecular complexity index is 518. The van der Waals surface area contributed by atoms with Gasteiger partial charge in [0.25, 0.3) is 5.24 Å². The molecule has 0 aliphatic carbocycles. The molecule has 0 atom stereocenters. The van der Waals surface area contributed by atoms with E-state index in [1.54, 1.807) is 0 Å². The average Bonchev–Trinajstić information content (AvgIpc) is 2.17. The molecule has 0 amide bonds. The van der Waals surface area contributed by atoms with E-state index in [1.165, 1.54) is 0 Å². The molecule has 0 N–H and O–H groups in total. The van der Waals surface area contributed by atoms with Crippen molar-refractivity contribution in [3.05, 3.63) is 27.6 Å². The quantitative estimate of drug-likeness (QED) is 0.484. The van der Waals surface area contributed by atoms with Crippen LogP contribution in [0, 0.1) is 17.0 Å². The molecule has 0 spiro atoms. The molecule has 1 aromatic rings. The summed E-state index contributed by atoms with van der Waals surface area (Å²) < 4.78 is 39.9. The number of alkyl halides is 3. The molecule has 0 saturated heterocycles. The fourth-order valence-electron chi connectivity index (χ4n) is 1.15. The minimum Gasteiger partial charge on any atom is -0.398 e. The summed E-state index contributed by atoms with van der Waals surface area (Å²) in [6.45, 7) is 1.01. The highest BCUT2D eigenvalue weighted by Crippen LogP contribution is 2.35. The Labute approximate surface area is 102 Å². The van der Waals surface area contributed by atoms with Crippen LogP contribution in [0.15, 0.2) is 6.20 Å². The maximum Gasteiger partial charge on any atom is 0.573 e. The smallest absolute Gasteiger partial charge is 0.398 e. The summed E-state index contributed by atoms with van der Waals surface area (Å²) >= 11 is 5.08. The van der Waals surface area contributed by atoms with Gasteiger partial charge in [0.1, 0.15) is 11.9 Å². The summed E-state index contributed by atoms with van der Waals surface area (Å²) in [4.78, 5) is 23.6. The summed E-state index contributed by atoms with van der Waals surface area (Å²) in [6, 6.07) is 0. The number of hydrogen-bond acceptors (Lipinski definition) is 5. The maximum atomic E-state index is 12.1. The number of carbonyl (C=O) groups excluding carboxylic acids is 1. The summed E-state index contributed by atoms with van der Waals surface area (Å²) in [7, 11) is 0. The minimum absolute atomic E-state index is 0.457. The van der Waals surface area contributed by atoms with Crippen molar-refractivity contribution in [2.75, 3.05) is 0 Å². The molecule has 0 radical (unpaired) electrons. The van der Waals surface area contributed by atoms with Gasteiger partial charge in [-0.2, -0.15) is 0 Å². The molecular formula is C8H4ClF3N2O4. The number of pyridine rings is 1. The summed E-state index contributed by atoms with van der Waals surface area (Å²) in [5, 5.41) is 9.40. The predicted octanol–water partition coefficient (Wildman–Crippen LogP) is 2.58. The number of hydrogen-bond donors (Lipinski definition) is 0. The molecule has 0 fully saturated rings. The van der Waals surface area contributed by atoms with E-state index in [1.807, 2.05) is 0 Å². The highest BCUT2D eigenvalue weighted by Gasteiger charge is 2.36. The lowest BCUT2D eigenvalue weighted by Gasteiger charge is -2.12. The van der Waals surface area contributed by atoms with Gasteiger partial charge >= 0.3 is 12.0 Å². The van der Waals surface area contributed by atoms with Crippen molar-refractivity contribution < 1.29 is 27.6 Å². The first-order valence-corrected chi connectivity index (χ1v) is 4.61. The highest BCUT2D eigenvalue weighted by molar-refractivity contribution is 6.67. The van der Waals surface area contributed by atoms with Crippen molar-refractivity contribution in [1.29, 1.82) is 0 Å². The number of nitrogens with zero attached hydrogens (tertiary/aromatic N) is 2. The van der Waals surface area contributed by atoms with Crippen LogP contribution in [-0.4, -0.2) is 21.5 Å². The van der Waals surface area contributed by atoms with Gasteiger partial charge in [-0.25, -0.2) is 4.98 Å². The Balaban J connectivity index is 3.45. The summed E-state index contributed by atoms with van der Waals surface area (Å²) in [6.07, 6.45) is -4.66. The van der Waals surface area contributed by atoms with Gasteiger partial charge in [0, 0.05) is 5.56 Å². The Morgan fingerprint density at radius 1 is 1.56 bits per heavy atom. The molecule has 6 nitrogen and oxygen atoms in total. The normalized spacial score (nSPS) is 11.2. The first-order chi connectivity index (χ1) is 8.13. The molecular weight excluding hydrogens is 281 g/mol. The monoisotopic (exact) mass is 284 g/mol. The first kappa shape index (κ1) is 14.2. The topological polar surface area (TPSA) is 82.3 Å². The lowest BCUT2D eigenvalue weighted by atomic mass is 10.2. The van der Waals surface area contributed by atoms with Crippen molar-refractivity contribution in [3.8, 4) is 5.75 Å². The Hall–Kier alpha value is -1.90. The molecule has 98 valence electrons. The third-order valence-corrected chi connectivity index (χ3v) is 2.02. The zero-order valence-corrected chi connectivity index (χ0v) is 9.37. The van der Waals surface area contributed by atoms with E-state index in [9.17, 15) is 28.1 Å². The minimum atomic E-state index is -5.14. The Morgan fingerprint density at radius 2 is 2.11 bits per heavy atom. The second-order valence-electron chi connectivity index (χ2n) is 3.02. The van der Waals surface area contributed by atoms with E-state index in [0.717, 1.165) is 6.92 Å². The van der Waals surface area contributed by atoms with E-state index in [2.05, 4.69) is 9.72 Å². The molecule has 0 aromatic carbocycles. The zero-order chi connectivity index (χ0) is 14.1. The number of nitro groups is 1. The molecule has 1 aromatic heterocycles. The van der Waals surface area contributed by atoms with Crippen LogP contribution < -0.4 is 4.74 Å². The number of rotatable bonds is 3. The lowest BCUT2D eigenvalue weighted by molar-refractivity contribution is -0.389. The summed E-state index contributed by atoms with van der Waals surface area (Å²) in [5.74, 6) is -1.11. The molecule has 0 saturated carbocycles. The van der Waals surface area contributed by atoms with Crippen molar-refractivity contribution in [3.63, 3.8) is 0 Å². The third kappa shape index (κ3) is 3.06. The fourth-order valence-corrected chi connectivity index (χ4v) is 1.34.